The molecule has 2 rings (SSSR count). The first-order valence-electron chi connectivity index (χ1n) is 6.03. The minimum Gasteiger partial charge on any atom is -0.457 e. The highest BCUT2D eigenvalue weighted by Gasteiger charge is 2.11. The van der Waals surface area contributed by atoms with Crippen LogP contribution >= 0.6 is 31.9 Å². The molecule has 2 aromatic rings. The summed E-state index contributed by atoms with van der Waals surface area (Å²) >= 11 is 6.60. The molecule has 0 aliphatic carbocycles. The Morgan fingerprint density at radius 2 is 1.81 bits per heavy atom. The first-order chi connectivity index (χ1) is 10.1. The van der Waals surface area contributed by atoms with E-state index in [1.807, 2.05) is 12.1 Å². The Morgan fingerprint density at radius 3 is 2.38 bits per heavy atom. The zero-order chi connectivity index (χ0) is 15.2. The molecule has 0 heterocycles. The molecule has 0 fully saturated rings. The molecule has 110 valence electrons. The highest BCUT2D eigenvalue weighted by molar-refractivity contribution is 9.10. The van der Waals surface area contributed by atoms with Crippen molar-refractivity contribution in [2.24, 2.45) is 5.16 Å². The van der Waals surface area contributed by atoms with Crippen LogP contribution in [0, 0.1) is 5.82 Å². The summed E-state index contributed by atoms with van der Waals surface area (Å²) in [5, 5.41) is 4.17. The van der Waals surface area contributed by atoms with Crippen molar-refractivity contribution in [1.29, 1.82) is 0 Å². The van der Waals surface area contributed by atoms with Gasteiger partial charge in [-0.1, -0.05) is 37.0 Å². The van der Waals surface area contributed by atoms with Crippen molar-refractivity contribution >= 4 is 37.6 Å². The zero-order valence-corrected chi connectivity index (χ0v) is 14.3. The van der Waals surface area contributed by atoms with Crippen LogP contribution in [0.4, 0.5) is 4.39 Å². The number of benzene rings is 2. The molecule has 0 bridgehead atoms. The van der Waals surface area contributed by atoms with Crippen molar-refractivity contribution in [3.63, 3.8) is 0 Å². The average molecular weight is 417 g/mol. The number of hydrogen-bond acceptors (Lipinski definition) is 3. The van der Waals surface area contributed by atoms with Crippen molar-refractivity contribution in [3.05, 3.63) is 58.3 Å². The smallest absolute Gasteiger partial charge is 0.136 e. The lowest BCUT2D eigenvalue weighted by atomic mass is 10.1. The van der Waals surface area contributed by atoms with Gasteiger partial charge < -0.3 is 9.57 Å². The number of alkyl halides is 1. The number of nitrogens with zero attached hydrogens (tertiary/aromatic N) is 1. The monoisotopic (exact) mass is 415 g/mol. The molecular formula is C15H12Br2FNO2. The Morgan fingerprint density at radius 1 is 1.14 bits per heavy atom. The van der Waals surface area contributed by atoms with Crippen LogP contribution in [0.3, 0.4) is 0 Å². The van der Waals surface area contributed by atoms with Gasteiger partial charge in [-0.25, -0.2) is 4.39 Å². The molecule has 6 heteroatoms. The maximum Gasteiger partial charge on any atom is 0.136 e. The molecule has 0 aliphatic rings. The van der Waals surface area contributed by atoms with Crippen LogP contribution in [0.2, 0.25) is 0 Å². The van der Waals surface area contributed by atoms with Gasteiger partial charge in [0.25, 0.3) is 0 Å². The van der Waals surface area contributed by atoms with Gasteiger partial charge in [-0.05, 0) is 36.4 Å². The van der Waals surface area contributed by atoms with E-state index in [9.17, 15) is 4.39 Å². The summed E-state index contributed by atoms with van der Waals surface area (Å²) in [6.45, 7) is 0. The van der Waals surface area contributed by atoms with Crippen LogP contribution in [-0.2, 0) is 4.84 Å². The highest BCUT2D eigenvalue weighted by atomic mass is 79.9. The van der Waals surface area contributed by atoms with Gasteiger partial charge in [0.2, 0.25) is 0 Å². The zero-order valence-electron chi connectivity index (χ0n) is 11.1. The van der Waals surface area contributed by atoms with Gasteiger partial charge in [0.15, 0.2) is 0 Å². The lowest BCUT2D eigenvalue weighted by Gasteiger charge is -2.08. The fourth-order valence-corrected chi connectivity index (χ4v) is 2.36. The predicted octanol–water partition coefficient (Wildman–Crippen LogP) is 5.13. The molecule has 0 aliphatic heterocycles. The van der Waals surface area contributed by atoms with Crippen LogP contribution in [-0.4, -0.2) is 18.2 Å². The summed E-state index contributed by atoms with van der Waals surface area (Å²) in [6.07, 6.45) is 0. The Bertz CT molecular complexity index is 645. The number of halogens is 3. The van der Waals surface area contributed by atoms with Crippen molar-refractivity contribution in [2.75, 3.05) is 12.4 Å². The van der Waals surface area contributed by atoms with Gasteiger partial charge in [0.05, 0.1) is 0 Å². The average Bonchev–Trinajstić information content (AvgIpc) is 2.48. The Kier molecular flexibility index (Phi) is 5.76. The fourth-order valence-electron chi connectivity index (χ4n) is 1.69. The van der Waals surface area contributed by atoms with Gasteiger partial charge >= 0.3 is 0 Å². The van der Waals surface area contributed by atoms with Gasteiger partial charge in [-0.3, -0.25) is 0 Å². The summed E-state index contributed by atoms with van der Waals surface area (Å²) in [4.78, 5) is 4.70. The van der Waals surface area contributed by atoms with Crippen LogP contribution in [0.15, 0.2) is 52.1 Å². The normalized spacial score (nSPS) is 11.3. The maximum absolute atomic E-state index is 14.1. The van der Waals surface area contributed by atoms with Crippen LogP contribution in [0.25, 0.3) is 0 Å². The van der Waals surface area contributed by atoms with E-state index < -0.39 is 5.82 Å². The van der Waals surface area contributed by atoms with Crippen molar-refractivity contribution in [2.45, 2.75) is 0 Å². The standard InChI is InChI=1S/C15H12Br2FNO2/c1-20-19-15(9-16)13-7-6-12(8-14(13)18)21-11-4-2-10(17)3-5-11/h2-8H,9H2,1H3/b19-15+. The molecule has 0 N–H and O–H groups in total. The Labute approximate surface area is 139 Å². The minimum atomic E-state index is -0.417. The number of rotatable bonds is 5. The quantitative estimate of drug-likeness (QED) is 0.384. The molecule has 0 radical (unpaired) electrons. The predicted molar refractivity (Wildman–Crippen MR) is 88.0 cm³/mol. The van der Waals surface area contributed by atoms with Gasteiger partial charge in [-0.2, -0.15) is 0 Å². The van der Waals surface area contributed by atoms with E-state index in [4.69, 9.17) is 9.57 Å². The number of oxime groups is 1. The summed E-state index contributed by atoms with van der Waals surface area (Å²) in [7, 11) is 1.42. The lowest BCUT2D eigenvalue weighted by Crippen LogP contribution is -2.06. The molecule has 21 heavy (non-hydrogen) atoms. The van der Waals surface area contributed by atoms with Gasteiger partial charge in [-0.15, -0.1) is 0 Å². The van der Waals surface area contributed by atoms with Crippen molar-refractivity contribution in [3.8, 4) is 11.5 Å². The molecule has 3 nitrogen and oxygen atoms in total. The lowest BCUT2D eigenvalue weighted by molar-refractivity contribution is 0.213. The summed E-state index contributed by atoms with van der Waals surface area (Å²) in [5.74, 6) is 0.640. The first kappa shape index (κ1) is 16.0. The third kappa shape index (κ3) is 4.28. The third-order valence-electron chi connectivity index (χ3n) is 2.63. The number of ether oxygens (including phenoxy) is 1. The first-order valence-corrected chi connectivity index (χ1v) is 7.95. The van der Waals surface area contributed by atoms with Crippen LogP contribution < -0.4 is 4.74 Å². The minimum absolute atomic E-state index is 0.372. The van der Waals surface area contributed by atoms with E-state index in [0.717, 1.165) is 4.47 Å². The van der Waals surface area contributed by atoms with Crippen LogP contribution in [0.5, 0.6) is 11.5 Å². The van der Waals surface area contributed by atoms with E-state index in [1.54, 1.807) is 24.3 Å². The fraction of sp³-hybridized carbons (Fsp3) is 0.133. The summed E-state index contributed by atoms with van der Waals surface area (Å²) in [6, 6.07) is 11.9. The highest BCUT2D eigenvalue weighted by Crippen LogP contribution is 2.25. The topological polar surface area (TPSA) is 30.8 Å². The van der Waals surface area contributed by atoms with E-state index in [0.29, 0.717) is 28.1 Å². The molecule has 0 unspecified atom stereocenters. The Balaban J connectivity index is 2.22. The molecular weight excluding hydrogens is 405 g/mol. The second kappa shape index (κ2) is 7.56. The Hall–Kier alpha value is -1.40. The van der Waals surface area contributed by atoms with E-state index >= 15 is 0 Å². The molecule has 0 spiro atoms. The summed E-state index contributed by atoms with van der Waals surface area (Å²) in [5.41, 5.74) is 0.849. The molecule has 0 saturated carbocycles. The van der Waals surface area contributed by atoms with Crippen molar-refractivity contribution in [1.82, 2.24) is 0 Å². The molecule has 2 aromatic carbocycles. The molecule has 0 atom stereocenters. The van der Waals surface area contributed by atoms with E-state index in [1.165, 1.54) is 13.2 Å². The van der Waals surface area contributed by atoms with Gasteiger partial charge in [0, 0.05) is 21.4 Å². The molecule has 0 saturated heterocycles. The molecule has 0 amide bonds. The summed E-state index contributed by atoms with van der Waals surface area (Å²) < 4.78 is 20.7. The second-order valence-electron chi connectivity index (χ2n) is 4.05. The maximum atomic E-state index is 14.1. The van der Waals surface area contributed by atoms with Crippen LogP contribution in [0.1, 0.15) is 5.56 Å². The molecule has 0 aromatic heterocycles. The SMILES string of the molecule is CO/N=C(\CBr)c1ccc(Oc2ccc(Br)cc2)cc1F. The van der Waals surface area contributed by atoms with Crippen molar-refractivity contribution < 1.29 is 14.0 Å². The van der Waals surface area contributed by atoms with E-state index in [2.05, 4.69) is 37.0 Å². The van der Waals surface area contributed by atoms with E-state index in [-0.39, 0.29) is 0 Å². The van der Waals surface area contributed by atoms with Gasteiger partial charge in [0.1, 0.15) is 30.1 Å². The second-order valence-corrected chi connectivity index (χ2v) is 5.53. The number of hydrogen-bond donors (Lipinski definition) is 0. The third-order valence-corrected chi connectivity index (χ3v) is 3.69. The largest absolute Gasteiger partial charge is 0.457 e.